The maximum Gasteiger partial charge on any atom is 0.237 e. The Morgan fingerprint density at radius 3 is 2.76 bits per heavy atom. The van der Waals surface area contributed by atoms with E-state index in [1.165, 1.54) is 23.1 Å². The zero-order chi connectivity index (χ0) is 14.7. The van der Waals surface area contributed by atoms with E-state index in [0.717, 1.165) is 20.3 Å². The van der Waals surface area contributed by atoms with Crippen molar-refractivity contribution in [3.63, 3.8) is 0 Å². The first-order valence-corrected chi connectivity index (χ1v) is 8.12. The van der Waals surface area contributed by atoms with Crippen LogP contribution in [0.1, 0.15) is 10.8 Å². The summed E-state index contributed by atoms with van der Waals surface area (Å²) in [5.41, 5.74) is 1.84. The largest absolute Gasteiger partial charge is 0.358 e. The number of rotatable bonds is 4. The molecule has 0 spiro atoms. The predicted octanol–water partition coefficient (Wildman–Crippen LogP) is 3.27. The summed E-state index contributed by atoms with van der Waals surface area (Å²) in [5.74, 6) is -0.0292. The summed E-state index contributed by atoms with van der Waals surface area (Å²) in [6.45, 7) is 0. The molecule has 0 fully saturated rings. The van der Waals surface area contributed by atoms with Crippen LogP contribution in [0.2, 0.25) is 0 Å². The molecule has 0 aliphatic heterocycles. The van der Waals surface area contributed by atoms with Crippen LogP contribution in [0.4, 0.5) is 0 Å². The number of nitrogens with one attached hydrogen (secondary N) is 1. The molecule has 0 radical (unpaired) electrons. The number of aromatic nitrogens is 2. The van der Waals surface area contributed by atoms with Crippen molar-refractivity contribution in [1.29, 1.82) is 0 Å². The quantitative estimate of drug-likeness (QED) is 0.751. The molecule has 6 heteroatoms. The molecule has 0 aliphatic rings. The lowest BCUT2D eigenvalue weighted by Gasteiger charge is -2.13. The molecule has 4 nitrogen and oxygen atoms in total. The molecule has 0 bridgehead atoms. The van der Waals surface area contributed by atoms with Crippen molar-refractivity contribution in [2.24, 2.45) is 0 Å². The van der Waals surface area contributed by atoms with E-state index in [1.807, 2.05) is 42.5 Å². The van der Waals surface area contributed by atoms with Crippen LogP contribution in [0.5, 0.6) is 0 Å². The number of nitrogens with zero attached hydrogens (tertiary/aromatic N) is 2. The predicted molar refractivity (Wildman–Crippen MR) is 86.5 cm³/mol. The Morgan fingerprint density at radius 2 is 2.05 bits per heavy atom. The third kappa shape index (κ3) is 3.06. The minimum atomic E-state index is -0.309. The molecule has 21 heavy (non-hydrogen) atoms. The number of thiazole rings is 1. The van der Waals surface area contributed by atoms with Gasteiger partial charge >= 0.3 is 0 Å². The van der Waals surface area contributed by atoms with Crippen LogP contribution >= 0.6 is 23.1 Å². The van der Waals surface area contributed by atoms with Crippen LogP contribution in [-0.2, 0) is 4.79 Å². The van der Waals surface area contributed by atoms with Gasteiger partial charge in [0.1, 0.15) is 15.6 Å². The van der Waals surface area contributed by atoms with Crippen LogP contribution in [0.3, 0.4) is 0 Å². The molecule has 1 amide bonds. The fourth-order valence-corrected chi connectivity index (χ4v) is 4.16. The van der Waals surface area contributed by atoms with Gasteiger partial charge in [0.15, 0.2) is 4.34 Å². The van der Waals surface area contributed by atoms with E-state index in [0.29, 0.717) is 0 Å². The molecule has 1 N–H and O–H groups in total. The fraction of sp³-hybridized carbons (Fsp3) is 0.133. The number of amides is 1. The van der Waals surface area contributed by atoms with Crippen molar-refractivity contribution in [2.45, 2.75) is 9.59 Å². The van der Waals surface area contributed by atoms with Gasteiger partial charge in [0.05, 0.1) is 0 Å². The number of likely N-dealkylation sites (N-methyl/N-ethyl adjacent to an activating group) is 1. The van der Waals surface area contributed by atoms with E-state index < -0.39 is 0 Å². The van der Waals surface area contributed by atoms with Gasteiger partial charge in [0.2, 0.25) is 5.91 Å². The summed E-state index contributed by atoms with van der Waals surface area (Å²) in [5, 5.41) is 2.41. The molecule has 1 atom stereocenters. The van der Waals surface area contributed by atoms with Crippen LogP contribution in [-0.4, -0.2) is 22.9 Å². The van der Waals surface area contributed by atoms with E-state index in [-0.39, 0.29) is 11.2 Å². The minimum Gasteiger partial charge on any atom is -0.358 e. The highest BCUT2D eigenvalue weighted by Gasteiger charge is 2.22. The Bertz CT molecular complexity index is 725. The van der Waals surface area contributed by atoms with Gasteiger partial charge < -0.3 is 5.32 Å². The number of thioether (sulfide) groups is 1. The van der Waals surface area contributed by atoms with E-state index in [4.69, 9.17) is 0 Å². The number of hydrogen-bond donors (Lipinski definition) is 1. The zero-order valence-corrected chi connectivity index (χ0v) is 12.9. The van der Waals surface area contributed by atoms with E-state index in [1.54, 1.807) is 13.2 Å². The molecule has 2 heterocycles. The van der Waals surface area contributed by atoms with Crippen molar-refractivity contribution >= 4 is 39.4 Å². The molecule has 2 aromatic heterocycles. The first kappa shape index (κ1) is 14.0. The summed E-state index contributed by atoms with van der Waals surface area (Å²) in [6, 6.07) is 13.5. The van der Waals surface area contributed by atoms with Gasteiger partial charge in [0, 0.05) is 13.2 Å². The molecule has 0 saturated heterocycles. The van der Waals surface area contributed by atoms with Gasteiger partial charge in [-0.1, -0.05) is 53.4 Å². The molecule has 106 valence electrons. The lowest BCUT2D eigenvalue weighted by Crippen LogP contribution is -2.23. The van der Waals surface area contributed by atoms with Gasteiger partial charge in [-0.2, -0.15) is 0 Å². The molecule has 0 aliphatic carbocycles. The van der Waals surface area contributed by atoms with Crippen LogP contribution < -0.4 is 5.32 Å². The van der Waals surface area contributed by atoms with Crippen molar-refractivity contribution < 1.29 is 4.79 Å². The van der Waals surface area contributed by atoms with Gasteiger partial charge in [-0.15, -0.1) is 0 Å². The highest BCUT2D eigenvalue weighted by atomic mass is 32.2. The Kier molecular flexibility index (Phi) is 4.17. The lowest BCUT2D eigenvalue weighted by molar-refractivity contribution is -0.120. The summed E-state index contributed by atoms with van der Waals surface area (Å²) >= 11 is 2.96. The summed E-state index contributed by atoms with van der Waals surface area (Å²) < 4.78 is 0.848. The Hall–Kier alpha value is -1.92. The molecule has 3 aromatic rings. The average Bonchev–Trinajstić information content (AvgIpc) is 2.95. The molecule has 0 saturated carbocycles. The van der Waals surface area contributed by atoms with E-state index in [2.05, 4.69) is 15.3 Å². The third-order valence-electron chi connectivity index (χ3n) is 2.95. The second-order valence-electron chi connectivity index (χ2n) is 4.33. The van der Waals surface area contributed by atoms with Crippen LogP contribution in [0, 0.1) is 0 Å². The highest BCUT2D eigenvalue weighted by molar-refractivity contribution is 8.02. The van der Waals surface area contributed by atoms with Crippen molar-refractivity contribution in [1.82, 2.24) is 15.3 Å². The Morgan fingerprint density at radius 1 is 1.24 bits per heavy atom. The van der Waals surface area contributed by atoms with Gasteiger partial charge in [-0.25, -0.2) is 9.97 Å². The first-order chi connectivity index (χ1) is 10.3. The average molecular weight is 315 g/mol. The number of fused-ring (bicyclic) bond motifs is 1. The molecule has 1 aromatic carbocycles. The van der Waals surface area contributed by atoms with Crippen LogP contribution in [0.15, 0.2) is 53.0 Å². The highest BCUT2D eigenvalue weighted by Crippen LogP contribution is 2.38. The monoisotopic (exact) mass is 315 g/mol. The summed E-state index contributed by atoms with van der Waals surface area (Å²) in [7, 11) is 1.65. The smallest absolute Gasteiger partial charge is 0.237 e. The van der Waals surface area contributed by atoms with Crippen molar-refractivity contribution in [3.8, 4) is 0 Å². The van der Waals surface area contributed by atoms with Gasteiger partial charge in [-0.05, 0) is 17.7 Å². The second-order valence-corrected chi connectivity index (χ2v) is 6.66. The standard InChI is InChI=1S/C15H13N3OS2/c1-16-13(19)12(10-6-3-2-4-7-10)20-15-18-11-8-5-9-17-14(11)21-15/h2-9,12H,1H3,(H,16,19). The molecule has 3 rings (SSSR count). The molecule has 1 unspecified atom stereocenters. The minimum absolute atomic E-state index is 0.0292. The number of carbonyl (C=O) groups is 1. The summed E-state index contributed by atoms with van der Waals surface area (Å²) in [6.07, 6.45) is 1.75. The Balaban J connectivity index is 1.92. The van der Waals surface area contributed by atoms with Gasteiger partial charge in [-0.3, -0.25) is 4.79 Å². The molecular formula is C15H13N3OS2. The Labute approximate surface area is 130 Å². The second kappa shape index (κ2) is 6.24. The van der Waals surface area contributed by atoms with E-state index >= 15 is 0 Å². The maximum atomic E-state index is 12.2. The number of pyridine rings is 1. The topological polar surface area (TPSA) is 54.9 Å². The number of hydrogen-bond acceptors (Lipinski definition) is 5. The SMILES string of the molecule is CNC(=O)C(Sc1nc2cccnc2s1)c1ccccc1. The zero-order valence-electron chi connectivity index (χ0n) is 11.3. The lowest BCUT2D eigenvalue weighted by atomic mass is 10.1. The normalized spacial score (nSPS) is 12.2. The van der Waals surface area contributed by atoms with E-state index in [9.17, 15) is 4.79 Å². The maximum absolute atomic E-state index is 12.2. The van der Waals surface area contributed by atoms with Crippen molar-refractivity contribution in [2.75, 3.05) is 7.05 Å². The summed E-state index contributed by atoms with van der Waals surface area (Å²) in [4.78, 5) is 21.9. The fourth-order valence-electron chi connectivity index (χ4n) is 1.93. The molecular weight excluding hydrogens is 302 g/mol. The first-order valence-electron chi connectivity index (χ1n) is 6.42. The third-order valence-corrected chi connectivity index (χ3v) is 5.28. The van der Waals surface area contributed by atoms with Gasteiger partial charge in [0.25, 0.3) is 0 Å². The van der Waals surface area contributed by atoms with Crippen LogP contribution in [0.25, 0.3) is 10.3 Å². The number of carbonyl (C=O) groups excluding carboxylic acids is 1. The van der Waals surface area contributed by atoms with Crippen molar-refractivity contribution in [3.05, 3.63) is 54.2 Å². The number of benzene rings is 1.